The lowest BCUT2D eigenvalue weighted by Crippen LogP contribution is -2.43. The molecule has 1 aliphatic rings. The van der Waals surface area contributed by atoms with Gasteiger partial charge in [-0.15, -0.1) is 10.2 Å². The van der Waals surface area contributed by atoms with Gasteiger partial charge in [0.25, 0.3) is 0 Å². The summed E-state index contributed by atoms with van der Waals surface area (Å²) in [5, 5.41) is 8.93. The molecule has 2 aromatic heterocycles. The van der Waals surface area contributed by atoms with Gasteiger partial charge in [0.05, 0.1) is 18.1 Å². The molecule has 0 saturated carbocycles. The first-order valence-electron chi connectivity index (χ1n) is 7.60. The van der Waals surface area contributed by atoms with Crippen LogP contribution in [0, 0.1) is 0 Å². The maximum absolute atomic E-state index is 12.5. The number of anilines is 1. The van der Waals surface area contributed by atoms with Crippen molar-refractivity contribution in [3.05, 3.63) is 35.0 Å². The van der Waals surface area contributed by atoms with E-state index in [4.69, 9.17) is 11.6 Å². The molecule has 0 radical (unpaired) electrons. The Morgan fingerprint density at radius 2 is 2.17 bits per heavy atom. The number of hydrogen-bond acceptors (Lipinski definition) is 5. The van der Waals surface area contributed by atoms with Crippen LogP contribution in [0.25, 0.3) is 0 Å². The predicted molar refractivity (Wildman–Crippen MR) is 87.3 cm³/mol. The summed E-state index contributed by atoms with van der Waals surface area (Å²) in [5.41, 5.74) is 0. The van der Waals surface area contributed by atoms with Crippen LogP contribution in [0.5, 0.6) is 0 Å². The highest BCUT2D eigenvalue weighted by Gasteiger charge is 2.24. The van der Waals surface area contributed by atoms with Gasteiger partial charge in [-0.05, 0) is 12.1 Å². The van der Waals surface area contributed by atoms with Crippen molar-refractivity contribution in [1.29, 1.82) is 0 Å². The van der Waals surface area contributed by atoms with Crippen molar-refractivity contribution in [2.75, 3.05) is 25.0 Å². The number of aryl methyl sites for hydroxylation is 1. The van der Waals surface area contributed by atoms with E-state index in [9.17, 15) is 4.79 Å². The Morgan fingerprint density at radius 1 is 1.35 bits per heavy atom. The van der Waals surface area contributed by atoms with Crippen molar-refractivity contribution in [2.45, 2.75) is 26.4 Å². The Balaban J connectivity index is 1.64. The molecular weight excluding hydrogens is 316 g/mol. The van der Waals surface area contributed by atoms with Crippen molar-refractivity contribution in [2.24, 2.45) is 0 Å². The third-order valence-electron chi connectivity index (χ3n) is 3.97. The number of likely N-dealkylation sites (N-methyl/N-ethyl adjacent to an activating group) is 1. The zero-order chi connectivity index (χ0) is 16.4. The van der Waals surface area contributed by atoms with Gasteiger partial charge < -0.3 is 14.4 Å². The summed E-state index contributed by atoms with van der Waals surface area (Å²) in [6.45, 7) is 4.26. The Labute approximate surface area is 139 Å². The zero-order valence-corrected chi connectivity index (χ0v) is 14.0. The van der Waals surface area contributed by atoms with E-state index in [1.165, 1.54) is 0 Å². The van der Waals surface area contributed by atoms with Gasteiger partial charge in [-0.2, -0.15) is 0 Å². The highest BCUT2D eigenvalue weighted by Crippen LogP contribution is 2.15. The molecule has 0 aromatic carbocycles. The molecule has 0 bridgehead atoms. The molecule has 1 aliphatic heterocycles. The number of pyridine rings is 1. The van der Waals surface area contributed by atoms with Gasteiger partial charge in [-0.3, -0.25) is 4.79 Å². The fourth-order valence-electron chi connectivity index (χ4n) is 2.67. The van der Waals surface area contributed by atoms with Gasteiger partial charge in [0.2, 0.25) is 5.91 Å². The van der Waals surface area contributed by atoms with Crippen LogP contribution in [-0.2, 0) is 24.3 Å². The number of hydrogen-bond donors (Lipinski definition) is 0. The highest BCUT2D eigenvalue weighted by atomic mass is 35.5. The molecule has 0 N–H and O–H groups in total. The van der Waals surface area contributed by atoms with Crippen molar-refractivity contribution in [1.82, 2.24) is 24.6 Å². The third-order valence-corrected chi connectivity index (χ3v) is 4.20. The summed E-state index contributed by atoms with van der Waals surface area (Å²) in [4.78, 5) is 20.4. The van der Waals surface area contributed by atoms with E-state index < -0.39 is 0 Å². The van der Waals surface area contributed by atoms with Crippen LogP contribution in [0.3, 0.4) is 0 Å². The number of rotatable bonds is 4. The van der Waals surface area contributed by atoms with E-state index in [0.717, 1.165) is 30.4 Å². The average Bonchev–Trinajstić information content (AvgIpc) is 2.97. The molecule has 8 heteroatoms. The van der Waals surface area contributed by atoms with Crippen LogP contribution < -0.4 is 4.90 Å². The topological polar surface area (TPSA) is 67.2 Å². The van der Waals surface area contributed by atoms with E-state index in [1.54, 1.807) is 18.3 Å². The number of carbonyl (C=O) groups excluding carboxylic acids is 1. The maximum Gasteiger partial charge on any atom is 0.242 e. The minimum absolute atomic E-state index is 0.0524. The predicted octanol–water partition coefficient (Wildman–Crippen LogP) is 1.37. The van der Waals surface area contributed by atoms with E-state index in [-0.39, 0.29) is 12.5 Å². The van der Waals surface area contributed by atoms with Gasteiger partial charge >= 0.3 is 0 Å². The van der Waals surface area contributed by atoms with Crippen LogP contribution in [0.2, 0.25) is 5.02 Å². The summed E-state index contributed by atoms with van der Waals surface area (Å²) >= 11 is 5.83. The van der Waals surface area contributed by atoms with Gasteiger partial charge in [-0.1, -0.05) is 18.5 Å². The van der Waals surface area contributed by atoms with Crippen LogP contribution in [-0.4, -0.2) is 50.7 Å². The molecule has 7 nitrogen and oxygen atoms in total. The second-order valence-corrected chi connectivity index (χ2v) is 5.98. The molecule has 0 unspecified atom stereocenters. The molecule has 0 fully saturated rings. The van der Waals surface area contributed by atoms with Crippen molar-refractivity contribution in [3.63, 3.8) is 0 Å². The lowest BCUT2D eigenvalue weighted by atomic mass is 10.3. The first-order chi connectivity index (χ1) is 11.1. The van der Waals surface area contributed by atoms with E-state index >= 15 is 0 Å². The van der Waals surface area contributed by atoms with Gasteiger partial charge in [0, 0.05) is 32.8 Å². The van der Waals surface area contributed by atoms with Crippen LogP contribution in [0.15, 0.2) is 18.3 Å². The summed E-state index contributed by atoms with van der Waals surface area (Å²) < 4.78 is 2.11. The molecule has 23 heavy (non-hydrogen) atoms. The largest absolute Gasteiger partial charge is 0.350 e. The van der Waals surface area contributed by atoms with Crippen molar-refractivity contribution in [3.8, 4) is 0 Å². The Morgan fingerprint density at radius 3 is 2.87 bits per heavy atom. The lowest BCUT2D eigenvalue weighted by molar-refractivity contribution is -0.131. The van der Waals surface area contributed by atoms with Gasteiger partial charge in [0.1, 0.15) is 11.6 Å². The standard InChI is InChI=1S/C15H19ClN6O/c1-3-12-18-19-14-9-21(6-7-22(12)14)15(23)10-20(2)13-5-4-11(16)8-17-13/h4-5,8H,3,6-7,9-10H2,1-2H3. The smallest absolute Gasteiger partial charge is 0.242 e. The second-order valence-electron chi connectivity index (χ2n) is 5.54. The number of nitrogens with zero attached hydrogens (tertiary/aromatic N) is 6. The first-order valence-corrected chi connectivity index (χ1v) is 7.97. The van der Waals surface area contributed by atoms with Crippen LogP contribution in [0.1, 0.15) is 18.6 Å². The molecule has 0 aliphatic carbocycles. The Bertz CT molecular complexity index is 698. The van der Waals surface area contributed by atoms with E-state index in [1.807, 2.05) is 16.8 Å². The summed E-state index contributed by atoms with van der Waals surface area (Å²) in [7, 11) is 1.84. The number of aromatic nitrogens is 4. The Hall–Kier alpha value is -2.15. The van der Waals surface area contributed by atoms with Crippen LogP contribution in [0.4, 0.5) is 5.82 Å². The summed E-state index contributed by atoms with van der Waals surface area (Å²) in [5.74, 6) is 2.61. The van der Waals surface area contributed by atoms with E-state index in [2.05, 4.69) is 26.7 Å². The monoisotopic (exact) mass is 334 g/mol. The number of amides is 1. The van der Waals surface area contributed by atoms with E-state index in [0.29, 0.717) is 18.1 Å². The highest BCUT2D eigenvalue weighted by molar-refractivity contribution is 6.30. The Kier molecular flexibility index (Phi) is 4.47. The fraction of sp³-hybridized carbons (Fsp3) is 0.467. The fourth-order valence-corrected chi connectivity index (χ4v) is 2.78. The van der Waals surface area contributed by atoms with Gasteiger partial charge in [-0.25, -0.2) is 4.98 Å². The SMILES string of the molecule is CCc1nnc2n1CCN(C(=O)CN(C)c1ccc(Cl)cn1)C2. The molecule has 3 rings (SSSR count). The first kappa shape index (κ1) is 15.7. The van der Waals surface area contributed by atoms with Crippen LogP contribution >= 0.6 is 11.6 Å². The molecule has 0 atom stereocenters. The minimum atomic E-state index is 0.0524. The van der Waals surface area contributed by atoms with Crippen molar-refractivity contribution < 1.29 is 4.79 Å². The minimum Gasteiger partial charge on any atom is -0.350 e. The van der Waals surface area contributed by atoms with Gasteiger partial charge in [0.15, 0.2) is 5.82 Å². The molecular formula is C15H19ClN6O. The number of carbonyl (C=O) groups is 1. The number of fused-ring (bicyclic) bond motifs is 1. The summed E-state index contributed by atoms with van der Waals surface area (Å²) in [6, 6.07) is 3.57. The molecule has 122 valence electrons. The number of halogens is 1. The average molecular weight is 335 g/mol. The lowest BCUT2D eigenvalue weighted by Gasteiger charge is -2.29. The molecule has 2 aromatic rings. The maximum atomic E-state index is 12.5. The molecule has 0 spiro atoms. The molecule has 3 heterocycles. The third kappa shape index (κ3) is 3.29. The molecule has 0 saturated heterocycles. The summed E-state index contributed by atoms with van der Waals surface area (Å²) in [6.07, 6.45) is 2.43. The quantitative estimate of drug-likeness (QED) is 0.844. The zero-order valence-electron chi connectivity index (χ0n) is 13.2. The second kappa shape index (κ2) is 6.54. The molecule has 1 amide bonds. The normalized spacial score (nSPS) is 13.8. The van der Waals surface area contributed by atoms with Crippen molar-refractivity contribution >= 4 is 23.3 Å².